The standard InChI is InChI=1S/C25H31N5O2/c31-25-21-10-3-4-11-22(21)26-27-30(25)15-7-14-28-16-18-29(19-17-28)23-12-5-6-13-24(23)32-20-8-1-2-9-20/h3-6,10-13,20H,1-2,7-9,14-19H2. The van der Waals surface area contributed by atoms with Crippen molar-refractivity contribution in [3.8, 4) is 5.75 Å². The molecule has 3 aromatic rings. The van der Waals surface area contributed by atoms with Gasteiger partial charge in [-0.1, -0.05) is 29.5 Å². The van der Waals surface area contributed by atoms with Crippen LogP contribution in [0.3, 0.4) is 0 Å². The van der Waals surface area contributed by atoms with Gasteiger partial charge in [-0.3, -0.25) is 9.69 Å². The number of aryl methyl sites for hydroxylation is 1. The summed E-state index contributed by atoms with van der Waals surface area (Å²) >= 11 is 0. The van der Waals surface area contributed by atoms with E-state index in [0.717, 1.165) is 44.9 Å². The van der Waals surface area contributed by atoms with Gasteiger partial charge in [0.05, 0.1) is 17.2 Å². The van der Waals surface area contributed by atoms with Gasteiger partial charge in [0.2, 0.25) is 0 Å². The fourth-order valence-electron chi connectivity index (χ4n) is 4.83. The topological polar surface area (TPSA) is 63.5 Å². The van der Waals surface area contributed by atoms with Crippen molar-refractivity contribution in [3.63, 3.8) is 0 Å². The van der Waals surface area contributed by atoms with E-state index < -0.39 is 0 Å². The fourth-order valence-corrected chi connectivity index (χ4v) is 4.83. The zero-order valence-electron chi connectivity index (χ0n) is 18.5. The van der Waals surface area contributed by atoms with Gasteiger partial charge < -0.3 is 9.64 Å². The minimum Gasteiger partial charge on any atom is -0.488 e. The van der Waals surface area contributed by atoms with Crippen LogP contribution in [0.25, 0.3) is 10.9 Å². The van der Waals surface area contributed by atoms with Crippen molar-refractivity contribution in [2.45, 2.75) is 44.8 Å². The van der Waals surface area contributed by atoms with Gasteiger partial charge in [-0.2, -0.15) is 0 Å². The van der Waals surface area contributed by atoms with Gasteiger partial charge in [-0.05, 0) is 56.4 Å². The Hall–Kier alpha value is -2.93. The van der Waals surface area contributed by atoms with Crippen LogP contribution in [-0.2, 0) is 6.54 Å². The maximum atomic E-state index is 12.6. The lowest BCUT2D eigenvalue weighted by molar-refractivity contribution is 0.208. The highest BCUT2D eigenvalue weighted by Gasteiger charge is 2.22. The van der Waals surface area contributed by atoms with Gasteiger partial charge in [-0.15, -0.1) is 5.10 Å². The fraction of sp³-hybridized carbons (Fsp3) is 0.480. The lowest BCUT2D eigenvalue weighted by Gasteiger charge is -2.37. The zero-order chi connectivity index (χ0) is 21.8. The highest BCUT2D eigenvalue weighted by atomic mass is 16.5. The van der Waals surface area contributed by atoms with E-state index >= 15 is 0 Å². The molecule has 2 fully saturated rings. The summed E-state index contributed by atoms with van der Waals surface area (Å²) in [5.74, 6) is 1.03. The molecule has 1 aliphatic heterocycles. The molecule has 1 saturated heterocycles. The molecule has 0 bridgehead atoms. The summed E-state index contributed by atoms with van der Waals surface area (Å²) in [6.45, 7) is 5.54. The molecule has 0 atom stereocenters. The number of fused-ring (bicyclic) bond motifs is 1. The van der Waals surface area contributed by atoms with Crippen LogP contribution in [0.2, 0.25) is 0 Å². The van der Waals surface area contributed by atoms with Crippen LogP contribution in [0, 0.1) is 0 Å². The monoisotopic (exact) mass is 433 g/mol. The van der Waals surface area contributed by atoms with Crippen LogP contribution in [0.1, 0.15) is 32.1 Å². The molecule has 7 nitrogen and oxygen atoms in total. The molecular weight excluding hydrogens is 402 g/mol. The predicted molar refractivity (Wildman–Crippen MR) is 126 cm³/mol. The molecule has 1 aliphatic carbocycles. The van der Waals surface area contributed by atoms with Crippen LogP contribution in [-0.4, -0.2) is 58.7 Å². The maximum Gasteiger partial charge on any atom is 0.277 e. The van der Waals surface area contributed by atoms with Crippen molar-refractivity contribution < 1.29 is 4.74 Å². The Balaban J connectivity index is 1.13. The Bertz CT molecular complexity index is 1100. The molecule has 0 unspecified atom stereocenters. The van der Waals surface area contributed by atoms with E-state index in [1.807, 2.05) is 24.3 Å². The van der Waals surface area contributed by atoms with E-state index in [0.29, 0.717) is 23.6 Å². The second kappa shape index (κ2) is 9.69. The van der Waals surface area contributed by atoms with Gasteiger partial charge in [0, 0.05) is 39.3 Å². The Morgan fingerprint density at radius 2 is 1.66 bits per heavy atom. The average molecular weight is 434 g/mol. The van der Waals surface area contributed by atoms with Crippen LogP contribution >= 0.6 is 0 Å². The molecule has 0 radical (unpaired) electrons. The van der Waals surface area contributed by atoms with Crippen molar-refractivity contribution in [3.05, 3.63) is 58.9 Å². The molecule has 1 aromatic heterocycles. The predicted octanol–water partition coefficient (Wildman–Crippen LogP) is 3.33. The first kappa shape index (κ1) is 20.9. The number of anilines is 1. The SMILES string of the molecule is O=c1c2ccccc2nnn1CCCN1CCN(c2ccccc2OC2CCCC2)CC1. The second-order valence-electron chi connectivity index (χ2n) is 8.81. The number of para-hydroxylation sites is 2. The van der Waals surface area contributed by atoms with Crippen molar-refractivity contribution in [2.24, 2.45) is 0 Å². The number of piperazine rings is 1. The molecule has 0 N–H and O–H groups in total. The van der Waals surface area contributed by atoms with Crippen molar-refractivity contribution >= 4 is 16.6 Å². The summed E-state index contributed by atoms with van der Waals surface area (Å²) < 4.78 is 7.84. The number of nitrogens with zero attached hydrogens (tertiary/aromatic N) is 5. The molecule has 5 rings (SSSR count). The number of aromatic nitrogens is 3. The van der Waals surface area contributed by atoms with Crippen LogP contribution < -0.4 is 15.2 Å². The number of hydrogen-bond acceptors (Lipinski definition) is 6. The summed E-state index contributed by atoms with van der Waals surface area (Å²) in [4.78, 5) is 17.5. The van der Waals surface area contributed by atoms with E-state index in [9.17, 15) is 4.79 Å². The van der Waals surface area contributed by atoms with Crippen molar-refractivity contribution in [1.29, 1.82) is 0 Å². The van der Waals surface area contributed by atoms with Gasteiger partial charge >= 0.3 is 0 Å². The quantitative estimate of drug-likeness (QED) is 0.570. The summed E-state index contributed by atoms with van der Waals surface area (Å²) in [6, 6.07) is 15.9. The summed E-state index contributed by atoms with van der Waals surface area (Å²) in [5.41, 5.74) is 1.82. The zero-order valence-corrected chi connectivity index (χ0v) is 18.5. The molecule has 0 amide bonds. The van der Waals surface area contributed by atoms with E-state index in [-0.39, 0.29) is 5.56 Å². The summed E-state index contributed by atoms with van der Waals surface area (Å²) in [5, 5.41) is 8.92. The first-order chi connectivity index (χ1) is 15.8. The van der Waals surface area contributed by atoms with E-state index in [4.69, 9.17) is 4.74 Å². The van der Waals surface area contributed by atoms with Gasteiger partial charge in [-0.25, -0.2) is 4.68 Å². The molecule has 1 saturated carbocycles. The Morgan fingerprint density at radius 3 is 2.50 bits per heavy atom. The van der Waals surface area contributed by atoms with Gasteiger partial charge in [0.1, 0.15) is 11.3 Å². The highest BCUT2D eigenvalue weighted by Crippen LogP contribution is 2.32. The smallest absolute Gasteiger partial charge is 0.277 e. The Kier molecular flexibility index (Phi) is 6.34. The Labute approximate surface area is 188 Å². The van der Waals surface area contributed by atoms with Crippen LogP contribution in [0.15, 0.2) is 53.3 Å². The third kappa shape index (κ3) is 4.63. The molecule has 2 heterocycles. The molecular formula is C25H31N5O2. The van der Waals surface area contributed by atoms with E-state index in [1.165, 1.54) is 36.1 Å². The molecule has 2 aliphatic rings. The summed E-state index contributed by atoms with van der Waals surface area (Å²) in [6.07, 6.45) is 6.16. The third-order valence-electron chi connectivity index (χ3n) is 6.65. The first-order valence-electron chi connectivity index (χ1n) is 11.8. The Morgan fingerprint density at radius 1 is 0.906 bits per heavy atom. The first-order valence-corrected chi connectivity index (χ1v) is 11.8. The van der Waals surface area contributed by atoms with Crippen molar-refractivity contribution in [1.82, 2.24) is 19.9 Å². The number of rotatable bonds is 7. The van der Waals surface area contributed by atoms with Crippen LogP contribution in [0.5, 0.6) is 5.75 Å². The van der Waals surface area contributed by atoms with Crippen molar-refractivity contribution in [2.75, 3.05) is 37.6 Å². The van der Waals surface area contributed by atoms with E-state index in [2.05, 4.69) is 44.4 Å². The number of benzene rings is 2. The number of ether oxygens (including phenoxy) is 1. The average Bonchev–Trinajstić information content (AvgIpc) is 3.35. The lowest BCUT2D eigenvalue weighted by atomic mass is 10.2. The highest BCUT2D eigenvalue weighted by molar-refractivity contribution is 5.76. The molecule has 0 spiro atoms. The lowest BCUT2D eigenvalue weighted by Crippen LogP contribution is -2.47. The molecule has 2 aromatic carbocycles. The third-order valence-corrected chi connectivity index (χ3v) is 6.65. The normalized spacial score (nSPS) is 17.8. The largest absolute Gasteiger partial charge is 0.488 e. The maximum absolute atomic E-state index is 12.6. The summed E-state index contributed by atoms with van der Waals surface area (Å²) in [7, 11) is 0. The second-order valence-corrected chi connectivity index (χ2v) is 8.81. The van der Waals surface area contributed by atoms with Crippen LogP contribution in [0.4, 0.5) is 5.69 Å². The minimum absolute atomic E-state index is 0.0562. The number of hydrogen-bond donors (Lipinski definition) is 0. The van der Waals surface area contributed by atoms with Gasteiger partial charge in [0.25, 0.3) is 5.56 Å². The van der Waals surface area contributed by atoms with E-state index in [1.54, 1.807) is 0 Å². The molecule has 168 valence electrons. The molecule has 32 heavy (non-hydrogen) atoms. The van der Waals surface area contributed by atoms with Gasteiger partial charge in [0.15, 0.2) is 0 Å². The molecule has 7 heteroatoms. The minimum atomic E-state index is -0.0562.